The summed E-state index contributed by atoms with van der Waals surface area (Å²) in [5, 5.41) is 1.07. The molecular formula is C19H26N2O3. The van der Waals surface area contributed by atoms with Crippen LogP contribution in [-0.4, -0.2) is 41.0 Å². The summed E-state index contributed by atoms with van der Waals surface area (Å²) < 4.78 is 5.23. The quantitative estimate of drug-likeness (QED) is 0.756. The minimum atomic E-state index is -0.590. The van der Waals surface area contributed by atoms with E-state index in [9.17, 15) is 9.59 Å². The first-order valence-corrected chi connectivity index (χ1v) is 8.57. The van der Waals surface area contributed by atoms with Gasteiger partial charge >= 0.3 is 5.97 Å². The maximum Gasteiger partial charge on any atom is 0.329 e. The van der Waals surface area contributed by atoms with Crippen molar-refractivity contribution in [2.24, 2.45) is 0 Å². The number of carbonyl (C=O) groups is 2. The zero-order valence-corrected chi connectivity index (χ0v) is 14.7. The topological polar surface area (TPSA) is 62.4 Å². The maximum atomic E-state index is 12.5. The molecule has 1 aromatic heterocycles. The van der Waals surface area contributed by atoms with Gasteiger partial charge in [0.15, 0.2) is 0 Å². The summed E-state index contributed by atoms with van der Waals surface area (Å²) in [6, 6.07) is 7.37. The minimum Gasteiger partial charge on any atom is -0.464 e. The van der Waals surface area contributed by atoms with Crippen molar-refractivity contribution in [3.63, 3.8) is 0 Å². The Labute approximate surface area is 143 Å². The molecule has 130 valence electrons. The maximum absolute atomic E-state index is 12.5. The van der Waals surface area contributed by atoms with Gasteiger partial charge in [-0.2, -0.15) is 0 Å². The van der Waals surface area contributed by atoms with Crippen LogP contribution in [-0.2, 0) is 20.7 Å². The standard InChI is InChI=1S/C19H26N2O3/c1-4-6-11-21(14(3)22)18(19(23)24-5-2)12-15-13-20-17-10-8-7-9-16(15)17/h7-10,13,18,20H,4-6,11-12H2,1-3H3/t18-/m0/s1. The molecule has 1 heterocycles. The van der Waals surface area contributed by atoms with E-state index < -0.39 is 6.04 Å². The van der Waals surface area contributed by atoms with E-state index in [0.717, 1.165) is 29.3 Å². The van der Waals surface area contributed by atoms with Crippen LogP contribution < -0.4 is 0 Å². The fourth-order valence-electron chi connectivity index (χ4n) is 2.93. The van der Waals surface area contributed by atoms with E-state index in [1.807, 2.05) is 30.5 Å². The number of aromatic nitrogens is 1. The molecule has 0 radical (unpaired) electrons. The molecule has 0 saturated carbocycles. The highest BCUT2D eigenvalue weighted by Gasteiger charge is 2.29. The number of ether oxygens (including phenoxy) is 1. The van der Waals surface area contributed by atoms with Gasteiger partial charge in [-0.25, -0.2) is 4.79 Å². The number of hydrogen-bond donors (Lipinski definition) is 1. The zero-order chi connectivity index (χ0) is 17.5. The van der Waals surface area contributed by atoms with Gasteiger partial charge in [0.05, 0.1) is 6.61 Å². The van der Waals surface area contributed by atoms with Crippen molar-refractivity contribution >= 4 is 22.8 Å². The lowest BCUT2D eigenvalue weighted by Gasteiger charge is -2.29. The fourth-order valence-corrected chi connectivity index (χ4v) is 2.93. The molecule has 1 amide bonds. The van der Waals surface area contributed by atoms with Crippen molar-refractivity contribution in [3.8, 4) is 0 Å². The number of hydrogen-bond acceptors (Lipinski definition) is 3. The Balaban J connectivity index is 2.31. The van der Waals surface area contributed by atoms with Gasteiger partial charge in [0.2, 0.25) is 5.91 Å². The Morgan fingerprint density at radius 3 is 2.67 bits per heavy atom. The van der Waals surface area contributed by atoms with E-state index in [2.05, 4.69) is 11.9 Å². The number of nitrogens with one attached hydrogen (secondary N) is 1. The average molecular weight is 330 g/mol. The Kier molecular flexibility index (Phi) is 6.41. The van der Waals surface area contributed by atoms with Crippen molar-refractivity contribution in [2.75, 3.05) is 13.2 Å². The van der Waals surface area contributed by atoms with Gasteiger partial charge in [-0.1, -0.05) is 31.5 Å². The Bertz CT molecular complexity index is 693. The molecule has 5 nitrogen and oxygen atoms in total. The summed E-state index contributed by atoms with van der Waals surface area (Å²) in [7, 11) is 0. The summed E-state index contributed by atoms with van der Waals surface area (Å²) in [5.74, 6) is -0.435. The molecule has 1 N–H and O–H groups in total. The molecule has 5 heteroatoms. The van der Waals surface area contributed by atoms with Gasteiger partial charge < -0.3 is 14.6 Å². The molecule has 1 aromatic carbocycles. The average Bonchev–Trinajstić information content (AvgIpc) is 2.97. The van der Waals surface area contributed by atoms with Crippen LogP contribution in [0.25, 0.3) is 10.9 Å². The molecule has 2 aromatic rings. The van der Waals surface area contributed by atoms with E-state index in [-0.39, 0.29) is 11.9 Å². The number of benzene rings is 1. The van der Waals surface area contributed by atoms with Crippen LogP contribution in [0, 0.1) is 0 Å². The van der Waals surface area contributed by atoms with Crippen molar-refractivity contribution < 1.29 is 14.3 Å². The summed E-state index contributed by atoms with van der Waals surface area (Å²) in [4.78, 5) is 29.5. The zero-order valence-electron chi connectivity index (χ0n) is 14.7. The third kappa shape index (κ3) is 4.16. The SMILES string of the molecule is CCCCN(C(C)=O)[C@@H](Cc1c[nH]c2ccccc12)C(=O)OCC. The van der Waals surface area contributed by atoms with Gasteiger partial charge in [0.1, 0.15) is 6.04 Å². The molecule has 0 fully saturated rings. The molecule has 0 bridgehead atoms. The first-order valence-electron chi connectivity index (χ1n) is 8.57. The van der Waals surface area contributed by atoms with E-state index >= 15 is 0 Å². The van der Waals surface area contributed by atoms with Crippen LogP contribution in [0.2, 0.25) is 0 Å². The number of amides is 1. The number of esters is 1. The lowest BCUT2D eigenvalue weighted by molar-refractivity contribution is -0.154. The number of para-hydroxylation sites is 1. The molecular weight excluding hydrogens is 304 g/mol. The Hall–Kier alpha value is -2.30. The lowest BCUT2D eigenvalue weighted by atomic mass is 10.0. The summed E-state index contributed by atoms with van der Waals surface area (Å²) in [6.45, 7) is 6.24. The van der Waals surface area contributed by atoms with E-state index in [1.54, 1.807) is 11.8 Å². The second-order valence-corrected chi connectivity index (χ2v) is 5.90. The van der Waals surface area contributed by atoms with Gasteiger partial charge in [0, 0.05) is 37.0 Å². The van der Waals surface area contributed by atoms with Crippen molar-refractivity contribution in [1.29, 1.82) is 0 Å². The summed E-state index contributed by atoms with van der Waals surface area (Å²) >= 11 is 0. The van der Waals surface area contributed by atoms with Gasteiger partial charge in [-0.3, -0.25) is 4.79 Å². The molecule has 0 aliphatic heterocycles. The lowest BCUT2D eigenvalue weighted by Crippen LogP contribution is -2.46. The van der Waals surface area contributed by atoms with E-state index in [1.165, 1.54) is 6.92 Å². The van der Waals surface area contributed by atoms with Gasteiger partial charge in [-0.15, -0.1) is 0 Å². The van der Waals surface area contributed by atoms with Crippen molar-refractivity contribution in [1.82, 2.24) is 9.88 Å². The normalized spacial score (nSPS) is 12.1. The van der Waals surface area contributed by atoms with E-state index in [4.69, 9.17) is 4.74 Å². The second-order valence-electron chi connectivity index (χ2n) is 5.90. The highest BCUT2D eigenvalue weighted by molar-refractivity contribution is 5.86. The van der Waals surface area contributed by atoms with Crippen LogP contribution >= 0.6 is 0 Å². The molecule has 0 unspecified atom stereocenters. The van der Waals surface area contributed by atoms with Crippen LogP contribution in [0.4, 0.5) is 0 Å². The Morgan fingerprint density at radius 2 is 2.00 bits per heavy atom. The molecule has 0 aliphatic carbocycles. The number of carbonyl (C=O) groups excluding carboxylic acids is 2. The molecule has 2 rings (SSSR count). The predicted molar refractivity (Wildman–Crippen MR) is 94.7 cm³/mol. The number of unbranched alkanes of at least 4 members (excludes halogenated alkanes) is 1. The highest BCUT2D eigenvalue weighted by atomic mass is 16.5. The molecule has 0 aliphatic rings. The summed E-state index contributed by atoms with van der Waals surface area (Å²) in [6.07, 6.45) is 4.19. The Morgan fingerprint density at radius 1 is 1.25 bits per heavy atom. The van der Waals surface area contributed by atoms with Crippen LogP contribution in [0.5, 0.6) is 0 Å². The largest absolute Gasteiger partial charge is 0.464 e. The smallest absolute Gasteiger partial charge is 0.329 e. The van der Waals surface area contributed by atoms with Crippen LogP contribution in [0.15, 0.2) is 30.5 Å². The molecule has 24 heavy (non-hydrogen) atoms. The number of nitrogens with zero attached hydrogens (tertiary/aromatic N) is 1. The number of rotatable bonds is 8. The number of fused-ring (bicyclic) bond motifs is 1. The second kappa shape index (κ2) is 8.52. The van der Waals surface area contributed by atoms with Crippen molar-refractivity contribution in [2.45, 2.75) is 46.1 Å². The monoisotopic (exact) mass is 330 g/mol. The van der Waals surface area contributed by atoms with Gasteiger partial charge in [0.25, 0.3) is 0 Å². The first kappa shape index (κ1) is 18.0. The number of aromatic amines is 1. The molecule has 0 saturated heterocycles. The first-order chi connectivity index (χ1) is 11.6. The fraction of sp³-hybridized carbons (Fsp3) is 0.474. The highest BCUT2D eigenvalue weighted by Crippen LogP contribution is 2.21. The van der Waals surface area contributed by atoms with Gasteiger partial charge in [-0.05, 0) is 25.0 Å². The minimum absolute atomic E-state index is 0.0960. The third-order valence-electron chi connectivity index (χ3n) is 4.18. The molecule has 0 spiro atoms. The van der Waals surface area contributed by atoms with Crippen LogP contribution in [0.1, 0.15) is 39.2 Å². The van der Waals surface area contributed by atoms with Crippen molar-refractivity contribution in [3.05, 3.63) is 36.0 Å². The molecule has 1 atom stereocenters. The summed E-state index contributed by atoms with van der Waals surface area (Å²) in [5.41, 5.74) is 2.05. The third-order valence-corrected chi connectivity index (χ3v) is 4.18. The van der Waals surface area contributed by atoms with E-state index in [0.29, 0.717) is 19.6 Å². The number of H-pyrrole nitrogens is 1. The van der Waals surface area contributed by atoms with Crippen LogP contribution in [0.3, 0.4) is 0 Å². The predicted octanol–water partition coefficient (Wildman–Crippen LogP) is 3.29.